The molecule has 2 aromatic rings. The molecule has 0 bridgehead atoms. The molecule has 0 radical (unpaired) electrons. The second-order valence-corrected chi connectivity index (χ2v) is 8.79. The fourth-order valence-corrected chi connectivity index (χ4v) is 4.00. The molecule has 2 heterocycles. The molecule has 1 amide bonds. The minimum Gasteiger partial charge on any atom is -0.477 e. The van der Waals surface area contributed by atoms with Crippen LogP contribution in [0.25, 0.3) is 10.9 Å². The first-order valence-corrected chi connectivity index (χ1v) is 11.1. The lowest BCUT2D eigenvalue weighted by atomic mass is 10.0. The highest BCUT2D eigenvalue weighted by molar-refractivity contribution is 6.05. The van der Waals surface area contributed by atoms with E-state index in [1.807, 2.05) is 37.9 Å². The summed E-state index contributed by atoms with van der Waals surface area (Å²) < 4.78 is 1.80. The fraction of sp³-hybridized carbons (Fsp3) is 0.346. The van der Waals surface area contributed by atoms with Crippen molar-refractivity contribution in [2.75, 3.05) is 31.6 Å². The van der Waals surface area contributed by atoms with Gasteiger partial charge in [0, 0.05) is 44.8 Å². The van der Waals surface area contributed by atoms with Gasteiger partial charge in [-0.2, -0.15) is 0 Å². The largest absolute Gasteiger partial charge is 0.477 e. The molecule has 7 nitrogen and oxygen atoms in total. The van der Waals surface area contributed by atoms with Crippen LogP contribution in [0, 0.1) is 5.92 Å². The summed E-state index contributed by atoms with van der Waals surface area (Å²) in [5.41, 5.74) is 1.72. The molecule has 1 aliphatic heterocycles. The summed E-state index contributed by atoms with van der Waals surface area (Å²) in [5, 5.41) is 9.83. The van der Waals surface area contributed by atoms with Crippen molar-refractivity contribution in [2.24, 2.45) is 5.92 Å². The third-order valence-corrected chi connectivity index (χ3v) is 5.79. The zero-order chi connectivity index (χ0) is 24.3. The van der Waals surface area contributed by atoms with Gasteiger partial charge in [-0.3, -0.25) is 9.59 Å². The lowest BCUT2D eigenvalue weighted by Crippen LogP contribution is -2.42. The second kappa shape index (κ2) is 9.90. The number of likely N-dealkylation sites (N-methyl/N-ethyl adjacent to an activating group) is 1. The molecule has 0 unspecified atom stereocenters. The number of fused-ring (bicyclic) bond motifs is 1. The molecule has 1 aromatic heterocycles. The molecule has 3 rings (SSSR count). The Labute approximate surface area is 193 Å². The van der Waals surface area contributed by atoms with Crippen LogP contribution in [0.2, 0.25) is 0 Å². The van der Waals surface area contributed by atoms with Crippen molar-refractivity contribution >= 4 is 28.5 Å². The van der Waals surface area contributed by atoms with Gasteiger partial charge in [0.1, 0.15) is 5.56 Å². The molecule has 1 aliphatic rings. The Balaban J connectivity index is 2.29. The Bertz CT molecular complexity index is 1200. The summed E-state index contributed by atoms with van der Waals surface area (Å²) in [7, 11) is 1.88. The molecule has 1 fully saturated rings. The van der Waals surface area contributed by atoms with Crippen LogP contribution in [0.15, 0.2) is 60.1 Å². The predicted molar refractivity (Wildman–Crippen MR) is 132 cm³/mol. The number of aromatic nitrogens is 1. The topological polar surface area (TPSA) is 82.8 Å². The minimum atomic E-state index is -1.28. The predicted octanol–water partition coefficient (Wildman–Crippen LogP) is 3.94. The lowest BCUT2D eigenvalue weighted by molar-refractivity contribution is 0.0651. The molecule has 0 spiro atoms. The molecular weight excluding hydrogens is 418 g/mol. The maximum absolute atomic E-state index is 13.3. The first-order valence-electron chi connectivity index (χ1n) is 11.1. The quantitative estimate of drug-likeness (QED) is 0.587. The minimum absolute atomic E-state index is 0.159. The number of carboxylic acids is 1. The number of likely N-dealkylation sites (tertiary alicyclic amines) is 1. The van der Waals surface area contributed by atoms with Crippen LogP contribution in [-0.2, 0) is 6.54 Å². The summed E-state index contributed by atoms with van der Waals surface area (Å²) >= 11 is 0. The average Bonchev–Trinajstić information content (AvgIpc) is 2.72. The summed E-state index contributed by atoms with van der Waals surface area (Å²) in [4.78, 5) is 41.8. The number of benzene rings is 1. The number of nitrogens with zero attached hydrogens (tertiary/aromatic N) is 3. The van der Waals surface area contributed by atoms with E-state index in [1.54, 1.807) is 27.7 Å². The molecule has 1 N–H and O–H groups in total. The number of carbonyl (C=O) groups excluding carboxylic acids is 1. The van der Waals surface area contributed by atoms with Crippen molar-refractivity contribution < 1.29 is 14.7 Å². The zero-order valence-corrected chi connectivity index (χ0v) is 19.5. The van der Waals surface area contributed by atoms with Crippen LogP contribution in [-0.4, -0.2) is 53.1 Å². The van der Waals surface area contributed by atoms with Gasteiger partial charge in [0.05, 0.1) is 16.8 Å². The number of carbonyl (C=O) groups is 2. The molecule has 33 heavy (non-hydrogen) atoms. The molecule has 1 aromatic carbocycles. The van der Waals surface area contributed by atoms with Crippen LogP contribution in [0.4, 0.5) is 5.69 Å². The van der Waals surface area contributed by atoms with Gasteiger partial charge in [0.2, 0.25) is 5.43 Å². The molecule has 1 saturated heterocycles. The van der Waals surface area contributed by atoms with Gasteiger partial charge in [-0.15, -0.1) is 0 Å². The highest BCUT2D eigenvalue weighted by Crippen LogP contribution is 2.29. The van der Waals surface area contributed by atoms with Gasteiger partial charge in [-0.1, -0.05) is 45.2 Å². The Kier molecular flexibility index (Phi) is 7.21. The number of anilines is 1. The van der Waals surface area contributed by atoms with E-state index in [-0.39, 0.29) is 22.8 Å². The van der Waals surface area contributed by atoms with E-state index in [2.05, 4.69) is 13.2 Å². The average molecular weight is 450 g/mol. The third-order valence-electron chi connectivity index (χ3n) is 5.79. The number of pyridine rings is 1. The van der Waals surface area contributed by atoms with Crippen LogP contribution in [0.1, 0.15) is 41.0 Å². The molecule has 0 aliphatic carbocycles. The lowest BCUT2D eigenvalue weighted by Gasteiger charge is -2.33. The maximum Gasteiger partial charge on any atom is 0.341 e. The van der Waals surface area contributed by atoms with E-state index in [9.17, 15) is 19.5 Å². The van der Waals surface area contributed by atoms with Crippen LogP contribution < -0.4 is 10.3 Å². The number of amides is 1. The van der Waals surface area contributed by atoms with E-state index in [0.29, 0.717) is 42.9 Å². The smallest absolute Gasteiger partial charge is 0.341 e. The molecular formula is C26H31N3O4. The summed E-state index contributed by atoms with van der Waals surface area (Å²) in [6.07, 6.45) is 7.63. The van der Waals surface area contributed by atoms with Crippen molar-refractivity contribution in [3.05, 3.63) is 76.6 Å². The van der Waals surface area contributed by atoms with Crippen molar-refractivity contribution in [1.29, 1.82) is 0 Å². The SMILES string of the molecule is C=C/C=C(\C=C)CN(C)c1cc2c(cc1C(=O)N1CCC1)c(=O)c(C(=O)O)cn2CC(C)C. The highest BCUT2D eigenvalue weighted by Gasteiger charge is 2.27. The van der Waals surface area contributed by atoms with Crippen molar-refractivity contribution in [3.8, 4) is 0 Å². The van der Waals surface area contributed by atoms with E-state index >= 15 is 0 Å². The second-order valence-electron chi connectivity index (χ2n) is 8.79. The Morgan fingerprint density at radius 1 is 1.21 bits per heavy atom. The van der Waals surface area contributed by atoms with Crippen LogP contribution in [0.3, 0.4) is 0 Å². The molecule has 7 heteroatoms. The van der Waals surface area contributed by atoms with Gasteiger partial charge < -0.3 is 19.5 Å². The Hall–Kier alpha value is -3.61. The van der Waals surface area contributed by atoms with Crippen molar-refractivity contribution in [3.63, 3.8) is 0 Å². The van der Waals surface area contributed by atoms with E-state index < -0.39 is 11.4 Å². The summed E-state index contributed by atoms with van der Waals surface area (Å²) in [6, 6.07) is 3.39. The van der Waals surface area contributed by atoms with Gasteiger partial charge >= 0.3 is 5.97 Å². The van der Waals surface area contributed by atoms with E-state index in [0.717, 1.165) is 12.0 Å². The normalized spacial score (nSPS) is 13.7. The fourth-order valence-electron chi connectivity index (χ4n) is 4.00. The molecule has 0 atom stereocenters. The molecule has 174 valence electrons. The Morgan fingerprint density at radius 2 is 1.91 bits per heavy atom. The zero-order valence-electron chi connectivity index (χ0n) is 19.5. The van der Waals surface area contributed by atoms with Crippen LogP contribution >= 0.6 is 0 Å². The van der Waals surface area contributed by atoms with Crippen LogP contribution in [0.5, 0.6) is 0 Å². The van der Waals surface area contributed by atoms with Crippen molar-refractivity contribution in [1.82, 2.24) is 9.47 Å². The summed E-state index contributed by atoms with van der Waals surface area (Å²) in [5.74, 6) is -1.21. The van der Waals surface area contributed by atoms with Gasteiger partial charge in [0.15, 0.2) is 0 Å². The number of hydrogen-bond acceptors (Lipinski definition) is 4. The number of carboxylic acid groups (broad SMARTS) is 1. The summed E-state index contributed by atoms with van der Waals surface area (Å²) in [6.45, 7) is 14.0. The van der Waals surface area contributed by atoms with Gasteiger partial charge in [-0.25, -0.2) is 4.79 Å². The van der Waals surface area contributed by atoms with Gasteiger partial charge in [-0.05, 0) is 30.0 Å². The van der Waals surface area contributed by atoms with E-state index in [4.69, 9.17) is 0 Å². The monoisotopic (exact) mass is 449 g/mol. The molecule has 0 saturated carbocycles. The maximum atomic E-state index is 13.3. The van der Waals surface area contributed by atoms with E-state index in [1.165, 1.54) is 6.20 Å². The number of allylic oxidation sites excluding steroid dienone is 2. The first-order chi connectivity index (χ1) is 15.7. The van der Waals surface area contributed by atoms with Gasteiger partial charge in [0.25, 0.3) is 5.91 Å². The third kappa shape index (κ3) is 4.92. The highest BCUT2D eigenvalue weighted by atomic mass is 16.4. The first kappa shape index (κ1) is 24.0. The standard InChI is InChI=1S/C26H31N3O4/c1-6-9-18(7-2)15-27(5)22-13-23-19(12-20(22)25(31)28-10-8-11-28)24(30)21(26(32)33)16-29(23)14-17(3)4/h6-7,9,12-13,16-17H,1-2,8,10-11,14-15H2,3-5H3,(H,32,33)/b18-9+. The number of hydrogen-bond donors (Lipinski definition) is 1. The number of rotatable bonds is 9. The Morgan fingerprint density at radius 3 is 2.42 bits per heavy atom. The number of aromatic carboxylic acids is 1. The van der Waals surface area contributed by atoms with Crippen molar-refractivity contribution in [2.45, 2.75) is 26.8 Å².